The number of halogens is 4. The van der Waals surface area contributed by atoms with Crippen molar-refractivity contribution >= 4 is 41.8 Å². The standard InChI is InChI=1S/3C9H7.C2H7Si.4ClH.2Zr/c3*1-2-5-9-7-3-6-8(9)4-1;1-3-2;;;;;;/h3*1-7H;3H,1-2H3;4*1H;;/q3*-1;;;;;;+3;+4/p-4. The summed E-state index contributed by atoms with van der Waals surface area (Å²) in [5.74, 6) is 0. The van der Waals surface area contributed by atoms with E-state index >= 15 is 0 Å². The second-order valence-corrected chi connectivity index (χ2v) is 8.20. The minimum Gasteiger partial charge on any atom is -1.00 e. The van der Waals surface area contributed by atoms with Crippen molar-refractivity contribution in [3.05, 3.63) is 127 Å². The summed E-state index contributed by atoms with van der Waals surface area (Å²) in [5, 5.41) is 7.99. The van der Waals surface area contributed by atoms with Gasteiger partial charge in [-0.15, -0.1) is 89.0 Å². The molecule has 7 heteroatoms. The van der Waals surface area contributed by atoms with E-state index in [4.69, 9.17) is 0 Å². The molecule has 0 aliphatic rings. The Hall–Kier alpha value is -0.367. The molecule has 0 atom stereocenters. The Morgan fingerprint density at radius 3 is 0.889 bits per heavy atom. The van der Waals surface area contributed by atoms with E-state index < -0.39 is 0 Å². The van der Waals surface area contributed by atoms with Gasteiger partial charge in [-0.2, -0.15) is 52.6 Å². The first-order chi connectivity index (χ1) is 14.8. The molecule has 6 rings (SSSR count). The van der Waals surface area contributed by atoms with Crippen molar-refractivity contribution in [3.8, 4) is 0 Å². The van der Waals surface area contributed by atoms with Gasteiger partial charge >= 0.3 is 52.4 Å². The summed E-state index contributed by atoms with van der Waals surface area (Å²) >= 11 is 0. The monoisotopic (exact) mass is 724 g/mol. The van der Waals surface area contributed by atoms with Gasteiger partial charge in [-0.25, -0.2) is 0 Å². The number of hydrogen-bond acceptors (Lipinski definition) is 0. The maximum Gasteiger partial charge on any atom is 4.00 e. The molecule has 6 aromatic carbocycles. The zero-order chi connectivity index (χ0) is 21.0. The molecule has 36 heavy (non-hydrogen) atoms. The molecule has 0 amide bonds. The van der Waals surface area contributed by atoms with E-state index in [1.165, 1.54) is 32.3 Å². The normalized spacial score (nSPS) is 8.17. The first-order valence-corrected chi connectivity index (χ1v) is 12.7. The van der Waals surface area contributed by atoms with Crippen molar-refractivity contribution < 1.29 is 102 Å². The van der Waals surface area contributed by atoms with Gasteiger partial charge in [0.15, 0.2) is 0 Å². The molecule has 0 fully saturated rings. The first kappa shape index (κ1) is 42.7. The maximum absolute atomic E-state index is 2.21. The second-order valence-electron chi connectivity index (χ2n) is 7.04. The van der Waals surface area contributed by atoms with Gasteiger partial charge in [0, 0.05) is 9.52 Å². The second kappa shape index (κ2) is 24.9. The van der Waals surface area contributed by atoms with Crippen LogP contribution in [0.25, 0.3) is 32.3 Å². The number of fused-ring (bicyclic) bond motifs is 3. The van der Waals surface area contributed by atoms with Crippen LogP contribution in [0.3, 0.4) is 0 Å². The van der Waals surface area contributed by atoms with Crippen LogP contribution in [0.15, 0.2) is 127 Å². The van der Waals surface area contributed by atoms with Crippen LogP contribution in [-0.2, 0) is 52.4 Å². The van der Waals surface area contributed by atoms with Crippen molar-refractivity contribution in [2.24, 2.45) is 0 Å². The molecule has 0 N–H and O–H groups in total. The van der Waals surface area contributed by atoms with Gasteiger partial charge in [0.05, 0.1) is 0 Å². The summed E-state index contributed by atoms with van der Waals surface area (Å²) in [6, 6.07) is 44.0. The number of benzene rings is 3. The Morgan fingerprint density at radius 2 is 0.667 bits per heavy atom. The SMILES string of the molecule is C[SiH]C.[Cl-].[Cl-].[Cl-].[Cl-].[Zr+3].[Zr+4].c1ccc2[cH-]ccc2c1.c1ccc2[cH-]ccc2c1.c1ccc2[cH-]ccc2c1. The molecule has 0 aliphatic carbocycles. The third kappa shape index (κ3) is 14.0. The minimum absolute atomic E-state index is 0. The Kier molecular flexibility index (Phi) is 29.6. The van der Waals surface area contributed by atoms with Crippen LogP contribution in [0.4, 0.5) is 0 Å². The molecule has 0 bridgehead atoms. The van der Waals surface area contributed by atoms with Gasteiger partial charge in [0.2, 0.25) is 0 Å². The van der Waals surface area contributed by atoms with E-state index in [-0.39, 0.29) is 102 Å². The molecule has 0 spiro atoms. The van der Waals surface area contributed by atoms with Crippen LogP contribution in [0.2, 0.25) is 13.1 Å². The van der Waals surface area contributed by atoms with E-state index in [1.807, 2.05) is 0 Å². The van der Waals surface area contributed by atoms with Crippen molar-refractivity contribution in [1.29, 1.82) is 0 Å². The van der Waals surface area contributed by atoms with Crippen molar-refractivity contribution in [3.63, 3.8) is 0 Å². The Balaban J connectivity index is -0.000000187. The predicted octanol–water partition coefficient (Wildman–Crippen LogP) is -3.79. The molecule has 0 nitrogen and oxygen atoms in total. The molecule has 0 aromatic heterocycles. The Morgan fingerprint density at radius 1 is 0.444 bits per heavy atom. The molecule has 0 unspecified atom stereocenters. The molecular weight excluding hydrogens is 701 g/mol. The fourth-order valence-corrected chi connectivity index (χ4v) is 3.21. The first-order valence-electron chi connectivity index (χ1n) is 10.4. The topological polar surface area (TPSA) is 0 Å². The van der Waals surface area contributed by atoms with Gasteiger partial charge in [-0.1, -0.05) is 31.3 Å². The van der Waals surface area contributed by atoms with E-state index in [1.54, 1.807) is 0 Å². The van der Waals surface area contributed by atoms with Crippen molar-refractivity contribution in [2.75, 3.05) is 0 Å². The predicted molar refractivity (Wildman–Crippen MR) is 137 cm³/mol. The van der Waals surface area contributed by atoms with Crippen LogP contribution in [-0.4, -0.2) is 9.52 Å². The molecule has 184 valence electrons. The average Bonchev–Trinajstić information content (AvgIpc) is 3.55. The number of rotatable bonds is 0. The maximum atomic E-state index is 2.21. The summed E-state index contributed by atoms with van der Waals surface area (Å²) in [4.78, 5) is 0. The average molecular weight is 729 g/mol. The Bertz CT molecular complexity index is 1030. The fraction of sp³-hybridized carbons (Fsp3) is 0.0690. The van der Waals surface area contributed by atoms with Crippen molar-refractivity contribution in [2.45, 2.75) is 13.1 Å². The van der Waals surface area contributed by atoms with Crippen LogP contribution < -0.4 is 49.6 Å². The summed E-state index contributed by atoms with van der Waals surface area (Å²) in [6.07, 6.45) is 0. The van der Waals surface area contributed by atoms with E-state index in [9.17, 15) is 0 Å². The minimum atomic E-state index is 0. The van der Waals surface area contributed by atoms with Crippen LogP contribution in [0, 0.1) is 0 Å². The smallest absolute Gasteiger partial charge is 1.00 e. The van der Waals surface area contributed by atoms with Crippen molar-refractivity contribution in [1.82, 2.24) is 0 Å². The van der Waals surface area contributed by atoms with E-state index in [0.717, 1.165) is 9.52 Å². The molecule has 0 saturated carbocycles. The third-order valence-electron chi connectivity index (χ3n) is 4.64. The molecular formula is C29H28Cl4SiZr2. The third-order valence-corrected chi connectivity index (χ3v) is 4.64. The van der Waals surface area contributed by atoms with Crippen LogP contribution >= 0.6 is 0 Å². The van der Waals surface area contributed by atoms with Gasteiger partial charge in [0.25, 0.3) is 0 Å². The zero-order valence-corrected chi connectivity index (χ0v) is 29.3. The molecule has 0 heterocycles. The quantitative estimate of drug-likeness (QED) is 0.111. The summed E-state index contributed by atoms with van der Waals surface area (Å²) in [5.41, 5.74) is 0. The molecule has 0 aliphatic heterocycles. The Labute approximate surface area is 281 Å². The molecule has 2 radical (unpaired) electrons. The van der Waals surface area contributed by atoms with Gasteiger partial charge in [-0.3, -0.25) is 0 Å². The summed E-state index contributed by atoms with van der Waals surface area (Å²) < 4.78 is 0. The fourth-order valence-electron chi connectivity index (χ4n) is 3.21. The van der Waals surface area contributed by atoms with Gasteiger partial charge in [0.1, 0.15) is 0 Å². The van der Waals surface area contributed by atoms with E-state index in [0.29, 0.717) is 0 Å². The largest absolute Gasteiger partial charge is 4.00 e. The van der Waals surface area contributed by atoms with Gasteiger partial charge < -0.3 is 49.6 Å². The van der Waals surface area contributed by atoms with E-state index in [2.05, 4.69) is 140 Å². The molecule has 6 aromatic rings. The summed E-state index contributed by atoms with van der Waals surface area (Å²) in [7, 11) is 0.750. The number of hydrogen-bond donors (Lipinski definition) is 0. The van der Waals surface area contributed by atoms with Gasteiger partial charge in [-0.05, 0) is 0 Å². The summed E-state index contributed by atoms with van der Waals surface area (Å²) in [6.45, 7) is 4.42. The van der Waals surface area contributed by atoms with Crippen LogP contribution in [0.5, 0.6) is 0 Å². The molecule has 0 saturated heterocycles. The zero-order valence-electron chi connectivity index (χ0n) is 20.2. The van der Waals surface area contributed by atoms with Crippen LogP contribution in [0.1, 0.15) is 0 Å².